The van der Waals surface area contributed by atoms with Gasteiger partial charge in [-0.05, 0) is 69.9 Å². The van der Waals surface area contributed by atoms with E-state index in [9.17, 15) is 24.3 Å². The molecule has 14 nitrogen and oxygen atoms in total. The maximum atomic E-state index is 14.2. The highest BCUT2D eigenvalue weighted by Crippen LogP contribution is 2.45. The highest BCUT2D eigenvalue weighted by molar-refractivity contribution is 6.32. The molecule has 3 N–H and O–H groups in total. The summed E-state index contributed by atoms with van der Waals surface area (Å²) in [5.41, 5.74) is -1.63. The summed E-state index contributed by atoms with van der Waals surface area (Å²) in [4.78, 5) is 55.9. The van der Waals surface area contributed by atoms with Crippen molar-refractivity contribution < 1.29 is 33.8 Å². The molecule has 248 valence electrons. The van der Waals surface area contributed by atoms with Crippen LogP contribution in [0.15, 0.2) is 30.4 Å². The molecule has 1 aromatic carbocycles. The Morgan fingerprint density at radius 2 is 1.98 bits per heavy atom. The van der Waals surface area contributed by atoms with Gasteiger partial charge >= 0.3 is 12.1 Å². The molecule has 0 spiro atoms. The summed E-state index contributed by atoms with van der Waals surface area (Å²) in [6.07, 6.45) is 6.78. The number of rotatable bonds is 5. The van der Waals surface area contributed by atoms with E-state index in [4.69, 9.17) is 21.1 Å². The van der Waals surface area contributed by atoms with E-state index in [0.29, 0.717) is 29.2 Å². The van der Waals surface area contributed by atoms with Crippen LogP contribution in [0, 0.1) is 5.92 Å². The van der Waals surface area contributed by atoms with Crippen molar-refractivity contribution in [1.82, 2.24) is 35.7 Å². The molecule has 1 saturated carbocycles. The van der Waals surface area contributed by atoms with E-state index in [2.05, 4.69) is 26.0 Å². The van der Waals surface area contributed by atoms with Crippen LogP contribution in [0.25, 0.3) is 11.4 Å². The molecular weight excluding hydrogens is 618 g/mol. The number of nitrogens with one attached hydrogen (secondary N) is 2. The van der Waals surface area contributed by atoms with E-state index >= 15 is 0 Å². The predicted octanol–water partition coefficient (Wildman–Crippen LogP) is 3.52. The van der Waals surface area contributed by atoms with Gasteiger partial charge in [0.25, 0.3) is 0 Å². The summed E-state index contributed by atoms with van der Waals surface area (Å²) in [5, 5.41) is 28.8. The van der Waals surface area contributed by atoms with Crippen molar-refractivity contribution >= 4 is 35.5 Å². The number of fused-ring (bicyclic) bond motifs is 2. The average molecular weight is 658 g/mol. The van der Waals surface area contributed by atoms with E-state index in [1.165, 1.54) is 16.8 Å². The summed E-state index contributed by atoms with van der Waals surface area (Å²) in [7, 11) is 1.51. The zero-order valence-electron chi connectivity index (χ0n) is 26.4. The molecule has 46 heavy (non-hydrogen) atoms. The van der Waals surface area contributed by atoms with Crippen LogP contribution in [-0.4, -0.2) is 91.0 Å². The summed E-state index contributed by atoms with van der Waals surface area (Å²) in [6, 6.07) is 2.50. The van der Waals surface area contributed by atoms with Crippen LogP contribution in [0.1, 0.15) is 71.8 Å². The van der Waals surface area contributed by atoms with Gasteiger partial charge < -0.3 is 30.1 Å². The third-order valence-corrected chi connectivity index (χ3v) is 8.79. The minimum Gasteiger partial charge on any atom is -0.495 e. The second-order valence-corrected chi connectivity index (χ2v) is 13.4. The SMILES string of the molecule is COc1ccc(-c2nnn([C@@H]3C[C@H]4C(=O)N[C@]5(C(=O)O)C[C@H]5/C=C\CCCCC[C@H](NC(=O)OC(C)(C)C)C(=O)N4C3)n2)cc1Cl. The van der Waals surface area contributed by atoms with Crippen molar-refractivity contribution in [3.8, 4) is 17.1 Å². The van der Waals surface area contributed by atoms with Crippen LogP contribution in [0.5, 0.6) is 5.75 Å². The number of aliphatic carboxylic acids is 1. The molecule has 15 heteroatoms. The number of methoxy groups -OCH3 is 1. The van der Waals surface area contributed by atoms with E-state index < -0.39 is 53.1 Å². The number of carboxylic acids is 1. The van der Waals surface area contributed by atoms with Gasteiger partial charge in [-0.25, -0.2) is 9.59 Å². The molecule has 5 atom stereocenters. The van der Waals surface area contributed by atoms with Gasteiger partial charge in [-0.1, -0.05) is 36.6 Å². The molecule has 1 aliphatic carbocycles. The number of hydrogen-bond acceptors (Lipinski definition) is 9. The number of amides is 3. The first-order valence-corrected chi connectivity index (χ1v) is 15.8. The second-order valence-electron chi connectivity index (χ2n) is 13.0. The third-order valence-electron chi connectivity index (χ3n) is 8.49. The van der Waals surface area contributed by atoms with E-state index in [-0.39, 0.29) is 31.1 Å². The smallest absolute Gasteiger partial charge is 0.408 e. The number of carboxylic acid groups (broad SMARTS) is 1. The van der Waals surface area contributed by atoms with Gasteiger partial charge in [0.2, 0.25) is 17.6 Å². The first kappa shape index (κ1) is 33.2. The number of hydrogen-bond donors (Lipinski definition) is 3. The van der Waals surface area contributed by atoms with Crippen molar-refractivity contribution in [2.75, 3.05) is 13.7 Å². The maximum absolute atomic E-state index is 14.2. The molecule has 3 aliphatic rings. The van der Waals surface area contributed by atoms with Gasteiger partial charge in [0.05, 0.1) is 18.2 Å². The zero-order chi connectivity index (χ0) is 33.2. The maximum Gasteiger partial charge on any atom is 0.408 e. The number of carbonyl (C=O) groups is 4. The fourth-order valence-corrected chi connectivity index (χ4v) is 6.25. The molecule has 5 rings (SSSR count). The van der Waals surface area contributed by atoms with Crippen molar-refractivity contribution in [2.24, 2.45) is 5.92 Å². The summed E-state index contributed by atoms with van der Waals surface area (Å²) in [5.74, 6) is -1.77. The Kier molecular flexibility index (Phi) is 9.57. The number of halogens is 1. The normalized spacial score (nSPS) is 27.7. The van der Waals surface area contributed by atoms with Crippen LogP contribution in [0.3, 0.4) is 0 Å². The minimum absolute atomic E-state index is 0.0337. The van der Waals surface area contributed by atoms with Crippen LogP contribution in [0.2, 0.25) is 5.02 Å². The quantitative estimate of drug-likeness (QED) is 0.403. The summed E-state index contributed by atoms with van der Waals surface area (Å²) < 4.78 is 10.7. The Morgan fingerprint density at radius 3 is 2.67 bits per heavy atom. The standard InChI is InChI=1S/C31H40ClN7O7/c1-30(2,3)46-29(44)33-22-11-9-7-5-6-8-10-19-16-31(19,28(42)43)34-26(40)23-15-20(17-38(23)27(22)41)39-36-25(35-37-39)18-12-13-24(45-4)21(32)14-18/h8,10,12-14,19-20,22-23H,5-7,9,11,15-17H2,1-4H3,(H,33,44)(H,34,40)(H,42,43)/b10-8-/t19-,20-,22+,23+,31-/m1/s1. The highest BCUT2D eigenvalue weighted by atomic mass is 35.5. The predicted molar refractivity (Wildman–Crippen MR) is 166 cm³/mol. The number of carbonyl (C=O) groups excluding carboxylic acids is 3. The van der Waals surface area contributed by atoms with Crippen LogP contribution >= 0.6 is 11.6 Å². The lowest BCUT2D eigenvalue weighted by molar-refractivity contribution is -0.145. The molecule has 3 amide bonds. The first-order valence-electron chi connectivity index (χ1n) is 15.5. The molecule has 1 aromatic heterocycles. The van der Waals surface area contributed by atoms with Gasteiger partial charge in [0.1, 0.15) is 29.0 Å². The topological polar surface area (TPSA) is 178 Å². The first-order chi connectivity index (χ1) is 21.8. The Morgan fingerprint density at radius 1 is 1.20 bits per heavy atom. The van der Waals surface area contributed by atoms with Gasteiger partial charge in [0.15, 0.2) is 0 Å². The van der Waals surface area contributed by atoms with E-state index in [1.807, 2.05) is 12.2 Å². The van der Waals surface area contributed by atoms with E-state index in [0.717, 1.165) is 19.3 Å². The molecule has 2 aromatic rings. The fraction of sp³-hybridized carbons (Fsp3) is 0.581. The number of alkyl carbamates (subject to hydrolysis) is 1. The lowest BCUT2D eigenvalue weighted by Gasteiger charge is -2.30. The lowest BCUT2D eigenvalue weighted by atomic mass is 10.0. The molecule has 2 aliphatic heterocycles. The summed E-state index contributed by atoms with van der Waals surface area (Å²) in [6.45, 7) is 5.22. The minimum atomic E-state index is -1.44. The van der Waals surface area contributed by atoms with Gasteiger partial charge in [-0.15, -0.1) is 10.2 Å². The van der Waals surface area contributed by atoms with Crippen LogP contribution in [0.4, 0.5) is 4.79 Å². The number of ether oxygens (including phenoxy) is 2. The fourth-order valence-electron chi connectivity index (χ4n) is 6.00. The highest BCUT2D eigenvalue weighted by Gasteiger charge is 2.61. The van der Waals surface area contributed by atoms with Crippen molar-refractivity contribution in [1.29, 1.82) is 0 Å². The van der Waals surface area contributed by atoms with E-state index in [1.54, 1.807) is 39.0 Å². The molecular formula is C31H40ClN7O7. The lowest BCUT2D eigenvalue weighted by Crippen LogP contribution is -2.56. The number of benzene rings is 1. The van der Waals surface area contributed by atoms with Gasteiger partial charge in [-0.2, -0.15) is 4.80 Å². The Bertz CT molecular complexity index is 1520. The number of tetrazole rings is 1. The van der Waals surface area contributed by atoms with Crippen molar-refractivity contribution in [3.63, 3.8) is 0 Å². The van der Waals surface area contributed by atoms with Crippen molar-refractivity contribution in [3.05, 3.63) is 35.4 Å². The zero-order valence-corrected chi connectivity index (χ0v) is 27.1. The molecule has 2 fully saturated rings. The number of aromatic nitrogens is 4. The molecule has 1 saturated heterocycles. The molecule has 0 bridgehead atoms. The van der Waals surface area contributed by atoms with Gasteiger partial charge in [0, 0.05) is 24.4 Å². The summed E-state index contributed by atoms with van der Waals surface area (Å²) >= 11 is 6.29. The average Bonchev–Trinajstić information content (AvgIpc) is 3.31. The third kappa shape index (κ3) is 7.27. The number of nitrogens with zero attached hydrogens (tertiary/aromatic N) is 5. The second kappa shape index (κ2) is 13.3. The Labute approximate surface area is 271 Å². The Hall–Kier alpha value is -4.20. The molecule has 0 radical (unpaired) electrons. The number of allylic oxidation sites excluding steroid dienone is 1. The van der Waals surface area contributed by atoms with Crippen LogP contribution in [-0.2, 0) is 19.1 Å². The molecule has 0 unspecified atom stereocenters. The van der Waals surface area contributed by atoms with Crippen LogP contribution < -0.4 is 15.4 Å². The Balaban J connectivity index is 1.44. The van der Waals surface area contributed by atoms with Gasteiger partial charge in [-0.3, -0.25) is 9.59 Å². The largest absolute Gasteiger partial charge is 0.495 e. The monoisotopic (exact) mass is 657 g/mol. The van der Waals surface area contributed by atoms with Crippen molar-refractivity contribution in [2.45, 2.75) is 95.0 Å². The molecule has 3 heterocycles.